The number of aliphatic hydroxyl groups excluding tert-OH is 1. The van der Waals surface area contributed by atoms with Crippen LogP contribution in [0.3, 0.4) is 0 Å². The molecular weight excluding hydrogens is 166 g/mol. The van der Waals surface area contributed by atoms with Gasteiger partial charge in [-0.15, -0.1) is 0 Å². The second-order valence-electron chi connectivity index (χ2n) is 2.84. The largest absolute Gasteiger partial charge is 0.496 e. The van der Waals surface area contributed by atoms with Crippen LogP contribution < -0.4 is 10.5 Å². The quantitative estimate of drug-likeness (QED) is 0.718. The predicted octanol–water partition coefficient (Wildman–Crippen LogP) is 0.689. The molecule has 0 atom stereocenters. The SMILES string of the molecule is COc1ccc(CCN)cc1CO. The monoisotopic (exact) mass is 181 g/mol. The molecule has 3 nitrogen and oxygen atoms in total. The molecule has 72 valence electrons. The van der Waals surface area contributed by atoms with Crippen LogP contribution in [0.1, 0.15) is 11.1 Å². The van der Waals surface area contributed by atoms with Gasteiger partial charge in [-0.25, -0.2) is 0 Å². The van der Waals surface area contributed by atoms with Gasteiger partial charge < -0.3 is 15.6 Å². The number of benzene rings is 1. The van der Waals surface area contributed by atoms with Crippen LogP contribution in [0.5, 0.6) is 5.75 Å². The summed E-state index contributed by atoms with van der Waals surface area (Å²) in [5.41, 5.74) is 7.37. The molecule has 1 aromatic rings. The molecule has 0 amide bonds. The highest BCUT2D eigenvalue weighted by atomic mass is 16.5. The van der Waals surface area contributed by atoms with Gasteiger partial charge >= 0.3 is 0 Å². The van der Waals surface area contributed by atoms with Crippen LogP contribution in [-0.4, -0.2) is 18.8 Å². The molecule has 0 fully saturated rings. The zero-order chi connectivity index (χ0) is 9.68. The zero-order valence-corrected chi connectivity index (χ0v) is 7.79. The third-order valence-electron chi connectivity index (χ3n) is 1.95. The van der Waals surface area contributed by atoms with Crippen molar-refractivity contribution in [2.75, 3.05) is 13.7 Å². The van der Waals surface area contributed by atoms with Crippen LogP contribution in [-0.2, 0) is 13.0 Å². The number of rotatable bonds is 4. The number of methoxy groups -OCH3 is 1. The van der Waals surface area contributed by atoms with Gasteiger partial charge in [-0.05, 0) is 30.7 Å². The van der Waals surface area contributed by atoms with E-state index in [1.165, 1.54) is 0 Å². The van der Waals surface area contributed by atoms with Gasteiger partial charge in [0.15, 0.2) is 0 Å². The van der Waals surface area contributed by atoms with Crippen molar-refractivity contribution in [1.82, 2.24) is 0 Å². The first kappa shape index (κ1) is 10.0. The highest BCUT2D eigenvalue weighted by Gasteiger charge is 2.02. The summed E-state index contributed by atoms with van der Waals surface area (Å²) in [6.07, 6.45) is 0.830. The summed E-state index contributed by atoms with van der Waals surface area (Å²) in [5.74, 6) is 0.725. The van der Waals surface area contributed by atoms with E-state index in [0.717, 1.165) is 23.3 Å². The average Bonchev–Trinajstić information content (AvgIpc) is 2.18. The Bertz CT molecular complexity index is 274. The van der Waals surface area contributed by atoms with Gasteiger partial charge in [0.1, 0.15) is 5.75 Å². The molecule has 3 heteroatoms. The lowest BCUT2D eigenvalue weighted by Crippen LogP contribution is -2.03. The fraction of sp³-hybridized carbons (Fsp3) is 0.400. The van der Waals surface area contributed by atoms with Crippen molar-refractivity contribution in [3.63, 3.8) is 0 Å². The predicted molar refractivity (Wildman–Crippen MR) is 51.7 cm³/mol. The minimum absolute atomic E-state index is 0.00157. The van der Waals surface area contributed by atoms with Gasteiger partial charge in [-0.1, -0.05) is 6.07 Å². The third-order valence-corrected chi connectivity index (χ3v) is 1.95. The molecule has 0 aliphatic rings. The van der Waals surface area contributed by atoms with Crippen LogP contribution in [0, 0.1) is 0 Å². The van der Waals surface area contributed by atoms with E-state index in [4.69, 9.17) is 15.6 Å². The maximum absolute atomic E-state index is 9.03. The number of hydrogen-bond donors (Lipinski definition) is 2. The molecule has 0 saturated carbocycles. The smallest absolute Gasteiger partial charge is 0.124 e. The van der Waals surface area contributed by atoms with Crippen molar-refractivity contribution in [3.05, 3.63) is 29.3 Å². The van der Waals surface area contributed by atoms with E-state index >= 15 is 0 Å². The van der Waals surface area contributed by atoms with Crippen molar-refractivity contribution in [2.45, 2.75) is 13.0 Å². The summed E-state index contributed by atoms with van der Waals surface area (Å²) >= 11 is 0. The molecule has 13 heavy (non-hydrogen) atoms. The molecule has 0 aliphatic carbocycles. The maximum Gasteiger partial charge on any atom is 0.124 e. The molecule has 0 unspecified atom stereocenters. The fourth-order valence-corrected chi connectivity index (χ4v) is 1.28. The van der Waals surface area contributed by atoms with E-state index < -0.39 is 0 Å². The average molecular weight is 181 g/mol. The molecule has 0 aliphatic heterocycles. The van der Waals surface area contributed by atoms with E-state index in [9.17, 15) is 0 Å². The van der Waals surface area contributed by atoms with Gasteiger partial charge in [0.2, 0.25) is 0 Å². The Morgan fingerprint density at radius 3 is 2.77 bits per heavy atom. The van der Waals surface area contributed by atoms with Crippen molar-refractivity contribution >= 4 is 0 Å². The molecular formula is C10H15NO2. The Hall–Kier alpha value is -1.06. The van der Waals surface area contributed by atoms with E-state index in [-0.39, 0.29) is 6.61 Å². The van der Waals surface area contributed by atoms with Crippen molar-refractivity contribution in [3.8, 4) is 5.75 Å². The second-order valence-corrected chi connectivity index (χ2v) is 2.84. The van der Waals surface area contributed by atoms with Gasteiger partial charge in [0.05, 0.1) is 13.7 Å². The second kappa shape index (κ2) is 4.84. The highest BCUT2D eigenvalue weighted by molar-refractivity contribution is 5.36. The molecule has 0 bridgehead atoms. The lowest BCUT2D eigenvalue weighted by molar-refractivity contribution is 0.273. The Morgan fingerprint density at radius 2 is 2.23 bits per heavy atom. The third kappa shape index (κ3) is 2.44. The van der Waals surface area contributed by atoms with Crippen LogP contribution in [0.25, 0.3) is 0 Å². The zero-order valence-electron chi connectivity index (χ0n) is 7.79. The van der Waals surface area contributed by atoms with Gasteiger partial charge in [-0.3, -0.25) is 0 Å². The fourth-order valence-electron chi connectivity index (χ4n) is 1.28. The summed E-state index contributed by atoms with van der Waals surface area (Å²) in [7, 11) is 1.59. The standard InChI is InChI=1S/C10H15NO2/c1-13-10-3-2-8(4-5-11)6-9(10)7-12/h2-3,6,12H,4-5,7,11H2,1H3. The highest BCUT2D eigenvalue weighted by Crippen LogP contribution is 2.19. The van der Waals surface area contributed by atoms with Crippen molar-refractivity contribution in [2.24, 2.45) is 5.73 Å². The maximum atomic E-state index is 9.03. The molecule has 0 heterocycles. The topological polar surface area (TPSA) is 55.5 Å². The van der Waals surface area contributed by atoms with Crippen molar-refractivity contribution < 1.29 is 9.84 Å². The first-order valence-electron chi connectivity index (χ1n) is 4.28. The lowest BCUT2D eigenvalue weighted by Gasteiger charge is -2.07. The lowest BCUT2D eigenvalue weighted by atomic mass is 10.1. The molecule has 3 N–H and O–H groups in total. The van der Waals surface area contributed by atoms with Crippen molar-refractivity contribution in [1.29, 1.82) is 0 Å². The van der Waals surface area contributed by atoms with E-state index in [1.807, 2.05) is 18.2 Å². The van der Waals surface area contributed by atoms with Crippen LogP contribution in [0.4, 0.5) is 0 Å². The molecule has 1 aromatic carbocycles. The normalized spacial score (nSPS) is 10.1. The van der Waals surface area contributed by atoms with Crippen LogP contribution in [0.15, 0.2) is 18.2 Å². The van der Waals surface area contributed by atoms with E-state index in [1.54, 1.807) is 7.11 Å². The minimum atomic E-state index is 0.00157. The number of nitrogens with two attached hydrogens (primary N) is 1. The number of aliphatic hydroxyl groups is 1. The van der Waals surface area contributed by atoms with E-state index in [0.29, 0.717) is 6.54 Å². The minimum Gasteiger partial charge on any atom is -0.496 e. The molecule has 0 aromatic heterocycles. The molecule has 0 spiro atoms. The summed E-state index contributed by atoms with van der Waals surface area (Å²) in [6, 6.07) is 5.74. The first-order valence-corrected chi connectivity index (χ1v) is 4.28. The van der Waals surface area contributed by atoms with Crippen LogP contribution in [0.2, 0.25) is 0 Å². The summed E-state index contributed by atoms with van der Waals surface area (Å²) < 4.78 is 5.08. The molecule has 0 radical (unpaired) electrons. The molecule has 0 saturated heterocycles. The Balaban J connectivity index is 2.91. The summed E-state index contributed by atoms with van der Waals surface area (Å²) in [4.78, 5) is 0. The van der Waals surface area contributed by atoms with Gasteiger partial charge in [-0.2, -0.15) is 0 Å². The van der Waals surface area contributed by atoms with Crippen LogP contribution >= 0.6 is 0 Å². The first-order chi connectivity index (χ1) is 6.31. The summed E-state index contributed by atoms with van der Waals surface area (Å²) in [6.45, 7) is 0.624. The van der Waals surface area contributed by atoms with E-state index in [2.05, 4.69) is 0 Å². The Kier molecular flexibility index (Phi) is 3.73. The van der Waals surface area contributed by atoms with Gasteiger partial charge in [0, 0.05) is 5.56 Å². The Labute approximate surface area is 78.1 Å². The number of ether oxygens (including phenoxy) is 1. The van der Waals surface area contributed by atoms with Gasteiger partial charge in [0.25, 0.3) is 0 Å². The number of hydrogen-bond acceptors (Lipinski definition) is 3. The molecule has 1 rings (SSSR count). The Morgan fingerprint density at radius 1 is 1.46 bits per heavy atom. The summed E-state index contributed by atoms with van der Waals surface area (Å²) in [5, 5.41) is 9.03.